The number of sulfonamides is 1. The number of fused-ring (bicyclic) bond motifs is 1. The smallest absolute Gasteiger partial charge is 0.296 e. The van der Waals surface area contributed by atoms with Crippen molar-refractivity contribution in [1.82, 2.24) is 10.3 Å². The number of furan rings is 1. The second-order valence-corrected chi connectivity index (χ2v) is 8.54. The van der Waals surface area contributed by atoms with Crippen molar-refractivity contribution in [3.63, 3.8) is 0 Å². The molecule has 0 spiro atoms. The van der Waals surface area contributed by atoms with Crippen molar-refractivity contribution in [3.05, 3.63) is 60.2 Å². The van der Waals surface area contributed by atoms with Crippen molar-refractivity contribution >= 4 is 39.0 Å². The third kappa shape index (κ3) is 4.54. The van der Waals surface area contributed by atoms with Crippen LogP contribution in [-0.4, -0.2) is 44.7 Å². The highest BCUT2D eigenvalue weighted by atomic mass is 32.2. The van der Waals surface area contributed by atoms with E-state index < -0.39 is 34.2 Å². The molecule has 2 amide bonds. The number of carbonyl (C=O) groups is 3. The van der Waals surface area contributed by atoms with Gasteiger partial charge < -0.3 is 24.5 Å². The summed E-state index contributed by atoms with van der Waals surface area (Å²) < 4.78 is 44.0. The number of amides is 2. The first-order valence-electron chi connectivity index (χ1n) is 9.76. The van der Waals surface area contributed by atoms with Gasteiger partial charge in [0.25, 0.3) is 27.6 Å². The van der Waals surface area contributed by atoms with Crippen LogP contribution in [-0.2, 0) is 26.2 Å². The molecule has 0 radical (unpaired) electrons. The highest BCUT2D eigenvalue weighted by Crippen LogP contribution is 2.46. The number of ether oxygens (including phenoxy) is 2. The molecule has 0 fully saturated rings. The molecule has 1 aliphatic rings. The Morgan fingerprint density at radius 3 is 2.68 bits per heavy atom. The van der Waals surface area contributed by atoms with E-state index in [1.54, 1.807) is 18.2 Å². The number of rotatable bonds is 9. The molecule has 3 heterocycles. The Bertz CT molecular complexity index is 1360. The largest absolute Gasteiger partial charge is 0.491 e. The summed E-state index contributed by atoms with van der Waals surface area (Å²) in [6.07, 6.45) is 2.76. The number of methoxy groups -OCH3 is 1. The predicted molar refractivity (Wildman–Crippen MR) is 117 cm³/mol. The van der Waals surface area contributed by atoms with Gasteiger partial charge >= 0.3 is 0 Å². The molecule has 0 bridgehead atoms. The maximum Gasteiger partial charge on any atom is 0.296 e. The molecule has 3 N–H and O–H groups in total. The van der Waals surface area contributed by atoms with Gasteiger partial charge in [0, 0.05) is 6.20 Å². The number of ketones is 1. The monoisotopic (exact) mass is 486 g/mol. The number of pyridine rings is 1. The molecule has 2 aromatic heterocycles. The van der Waals surface area contributed by atoms with Crippen molar-refractivity contribution in [1.29, 1.82) is 0 Å². The Morgan fingerprint density at radius 2 is 2.00 bits per heavy atom. The average molecular weight is 486 g/mol. The Morgan fingerprint density at radius 1 is 1.18 bits per heavy atom. The van der Waals surface area contributed by atoms with Crippen LogP contribution < -0.4 is 24.8 Å². The lowest BCUT2D eigenvalue weighted by atomic mass is 10.1. The van der Waals surface area contributed by atoms with Crippen molar-refractivity contribution < 1.29 is 36.7 Å². The summed E-state index contributed by atoms with van der Waals surface area (Å²) in [5.74, 6) is -2.15. The SMILES string of the molecule is COc1c2c(cc(NS(=O)(=O)c3ccccn3)c1OCC(=O)NCc1ccco1)C(=O)C(=O)N2. The van der Waals surface area contributed by atoms with Gasteiger partial charge in [-0.25, -0.2) is 4.98 Å². The van der Waals surface area contributed by atoms with E-state index in [0.717, 1.165) is 6.07 Å². The third-order valence-electron chi connectivity index (χ3n) is 4.67. The lowest BCUT2D eigenvalue weighted by Crippen LogP contribution is -2.28. The quantitative estimate of drug-likeness (QED) is 0.378. The second kappa shape index (κ2) is 9.23. The number of aromatic nitrogens is 1. The molecule has 1 aliphatic heterocycles. The van der Waals surface area contributed by atoms with Gasteiger partial charge in [0.1, 0.15) is 5.76 Å². The molecule has 13 heteroatoms. The molecule has 34 heavy (non-hydrogen) atoms. The van der Waals surface area contributed by atoms with Gasteiger partial charge in [0.2, 0.25) is 0 Å². The van der Waals surface area contributed by atoms with Crippen LogP contribution >= 0.6 is 0 Å². The summed E-state index contributed by atoms with van der Waals surface area (Å²) in [7, 11) is -2.97. The molecule has 4 rings (SSSR count). The fraction of sp³-hybridized carbons (Fsp3) is 0.143. The Kier molecular flexibility index (Phi) is 6.19. The van der Waals surface area contributed by atoms with Crippen LogP contribution in [0.15, 0.2) is 58.3 Å². The van der Waals surface area contributed by atoms with Crippen LogP contribution in [0.5, 0.6) is 11.5 Å². The minimum absolute atomic E-state index is 0.00396. The summed E-state index contributed by atoms with van der Waals surface area (Å²) in [4.78, 5) is 40.3. The average Bonchev–Trinajstić information content (AvgIpc) is 3.45. The fourth-order valence-electron chi connectivity index (χ4n) is 3.14. The van der Waals surface area contributed by atoms with Gasteiger partial charge in [0.15, 0.2) is 23.1 Å². The van der Waals surface area contributed by atoms with E-state index in [2.05, 4.69) is 20.3 Å². The lowest BCUT2D eigenvalue weighted by molar-refractivity contribution is -0.123. The van der Waals surface area contributed by atoms with Gasteiger partial charge in [-0.3, -0.25) is 19.1 Å². The number of hydrogen-bond acceptors (Lipinski definition) is 9. The Labute approximate surface area is 193 Å². The number of hydrogen-bond donors (Lipinski definition) is 3. The zero-order chi connectivity index (χ0) is 24.3. The maximum atomic E-state index is 12.8. The highest BCUT2D eigenvalue weighted by molar-refractivity contribution is 7.92. The number of nitrogens with zero attached hydrogens (tertiary/aromatic N) is 1. The minimum atomic E-state index is -4.21. The van der Waals surface area contributed by atoms with E-state index in [9.17, 15) is 22.8 Å². The van der Waals surface area contributed by atoms with Gasteiger partial charge in [0.05, 0.1) is 36.9 Å². The minimum Gasteiger partial charge on any atom is -0.491 e. The van der Waals surface area contributed by atoms with E-state index in [1.807, 2.05) is 0 Å². The van der Waals surface area contributed by atoms with E-state index >= 15 is 0 Å². The normalized spacial score (nSPS) is 12.6. The molecule has 0 saturated heterocycles. The topological polar surface area (TPSA) is 166 Å². The van der Waals surface area contributed by atoms with Crippen LogP contribution in [0.1, 0.15) is 16.1 Å². The van der Waals surface area contributed by atoms with Crippen molar-refractivity contribution in [3.8, 4) is 11.5 Å². The highest BCUT2D eigenvalue weighted by Gasteiger charge is 2.35. The van der Waals surface area contributed by atoms with Crippen LogP contribution in [0.4, 0.5) is 11.4 Å². The van der Waals surface area contributed by atoms with E-state index in [-0.39, 0.29) is 40.0 Å². The molecular formula is C21H18N4O8S. The van der Waals surface area contributed by atoms with Gasteiger partial charge in [-0.2, -0.15) is 8.42 Å². The molecule has 0 atom stereocenters. The maximum absolute atomic E-state index is 12.8. The third-order valence-corrected chi connectivity index (χ3v) is 5.96. The van der Waals surface area contributed by atoms with Crippen LogP contribution in [0.2, 0.25) is 0 Å². The summed E-state index contributed by atoms with van der Waals surface area (Å²) in [5, 5.41) is 4.65. The summed E-state index contributed by atoms with van der Waals surface area (Å²) in [5.41, 5.74) is -0.329. The van der Waals surface area contributed by atoms with Crippen molar-refractivity contribution in [2.45, 2.75) is 11.6 Å². The Hall–Kier alpha value is -4.39. The number of Topliss-reactive ketones (excluding diaryl/α,β-unsaturated/α-hetero) is 1. The van der Waals surface area contributed by atoms with E-state index in [0.29, 0.717) is 5.76 Å². The van der Waals surface area contributed by atoms with Crippen molar-refractivity contribution in [2.24, 2.45) is 0 Å². The van der Waals surface area contributed by atoms with Gasteiger partial charge in [-0.1, -0.05) is 6.07 Å². The van der Waals surface area contributed by atoms with Gasteiger partial charge in [-0.05, 0) is 30.3 Å². The molecule has 0 saturated carbocycles. The first-order chi connectivity index (χ1) is 16.3. The zero-order valence-electron chi connectivity index (χ0n) is 17.7. The lowest BCUT2D eigenvalue weighted by Gasteiger charge is -2.18. The first kappa shape index (κ1) is 22.8. The molecule has 1 aromatic carbocycles. The van der Waals surface area contributed by atoms with Crippen LogP contribution in [0.25, 0.3) is 0 Å². The second-order valence-electron chi connectivity index (χ2n) is 6.91. The summed E-state index contributed by atoms with van der Waals surface area (Å²) in [6.45, 7) is -0.420. The molecule has 12 nitrogen and oxygen atoms in total. The Balaban J connectivity index is 1.66. The summed E-state index contributed by atoms with van der Waals surface area (Å²) in [6, 6.07) is 8.78. The molecule has 176 valence electrons. The first-order valence-corrected chi connectivity index (χ1v) is 11.2. The molecule has 3 aromatic rings. The summed E-state index contributed by atoms with van der Waals surface area (Å²) >= 11 is 0. The van der Waals surface area contributed by atoms with E-state index in [1.165, 1.54) is 31.7 Å². The number of nitrogens with one attached hydrogen (secondary N) is 3. The van der Waals surface area contributed by atoms with Crippen LogP contribution in [0.3, 0.4) is 0 Å². The van der Waals surface area contributed by atoms with Crippen LogP contribution in [0, 0.1) is 0 Å². The standard InChI is InChI=1S/C21H18N4O8S/c1-31-20-17-13(18(27)21(28)24-17)9-14(25-34(29,30)16-6-2-3-7-22-16)19(20)33-11-15(26)23-10-12-5-4-8-32-12/h2-9,25H,10-11H2,1H3,(H,23,26)(H,24,27,28). The van der Waals surface area contributed by atoms with Crippen molar-refractivity contribution in [2.75, 3.05) is 23.8 Å². The number of carbonyl (C=O) groups excluding carboxylic acids is 3. The van der Waals surface area contributed by atoms with Gasteiger partial charge in [-0.15, -0.1) is 0 Å². The molecule has 0 aliphatic carbocycles. The predicted octanol–water partition coefficient (Wildman–Crippen LogP) is 1.31. The van der Waals surface area contributed by atoms with E-state index in [4.69, 9.17) is 13.9 Å². The molecule has 0 unspecified atom stereocenters. The zero-order valence-corrected chi connectivity index (χ0v) is 18.5. The fourth-order valence-corrected chi connectivity index (χ4v) is 4.14. The number of benzene rings is 1. The number of anilines is 2. The molecular weight excluding hydrogens is 468 g/mol.